The highest BCUT2D eigenvalue weighted by atomic mass is 16.5. The van der Waals surface area contributed by atoms with E-state index in [1.165, 1.54) is 0 Å². The number of ether oxygens (including phenoxy) is 4. The molecule has 1 aromatic carbocycles. The summed E-state index contributed by atoms with van der Waals surface area (Å²) in [6.45, 7) is 9.54. The van der Waals surface area contributed by atoms with Gasteiger partial charge in [0.1, 0.15) is 17.6 Å². The number of hydrogen-bond acceptors (Lipinski definition) is 5. The number of guanidine groups is 1. The summed E-state index contributed by atoms with van der Waals surface area (Å²) in [7, 11) is 1.65. The van der Waals surface area contributed by atoms with Crippen molar-refractivity contribution in [3.8, 4) is 11.5 Å². The topological polar surface area (TPSA) is 73.3 Å². The average Bonchev–Trinajstić information content (AvgIpc) is 3.22. The maximum Gasteiger partial charge on any atom is 0.191 e. The number of nitrogens with one attached hydrogen (secondary N) is 2. The van der Waals surface area contributed by atoms with Crippen LogP contribution < -0.4 is 20.1 Å². The zero-order chi connectivity index (χ0) is 20.0. The molecule has 0 saturated carbocycles. The summed E-state index contributed by atoms with van der Waals surface area (Å²) in [5.41, 5.74) is 0. The molecule has 7 nitrogen and oxygen atoms in total. The zero-order valence-electron chi connectivity index (χ0n) is 17.4. The van der Waals surface area contributed by atoms with Gasteiger partial charge in [0.2, 0.25) is 0 Å². The molecule has 0 spiro atoms. The molecule has 1 saturated heterocycles. The van der Waals surface area contributed by atoms with Gasteiger partial charge >= 0.3 is 0 Å². The van der Waals surface area contributed by atoms with Crippen LogP contribution in [0.2, 0.25) is 0 Å². The fourth-order valence-electron chi connectivity index (χ4n) is 2.83. The molecular formula is C21H35N3O4. The Labute approximate surface area is 168 Å². The molecule has 7 heteroatoms. The Kier molecular flexibility index (Phi) is 10.5. The van der Waals surface area contributed by atoms with Gasteiger partial charge in [0.25, 0.3) is 0 Å². The number of methoxy groups -OCH3 is 1. The van der Waals surface area contributed by atoms with E-state index in [2.05, 4.69) is 22.5 Å². The van der Waals surface area contributed by atoms with Gasteiger partial charge in [0, 0.05) is 32.2 Å². The molecule has 0 aliphatic carbocycles. The highest BCUT2D eigenvalue weighted by Crippen LogP contribution is 2.18. The Morgan fingerprint density at radius 1 is 1.25 bits per heavy atom. The van der Waals surface area contributed by atoms with Crippen molar-refractivity contribution in [1.29, 1.82) is 0 Å². The number of nitrogens with zero attached hydrogens (tertiary/aromatic N) is 1. The molecule has 0 radical (unpaired) electrons. The van der Waals surface area contributed by atoms with Crippen molar-refractivity contribution >= 4 is 5.96 Å². The Morgan fingerprint density at radius 2 is 2.04 bits per heavy atom. The van der Waals surface area contributed by atoms with E-state index in [9.17, 15) is 0 Å². The monoisotopic (exact) mass is 393 g/mol. The van der Waals surface area contributed by atoms with Gasteiger partial charge in [-0.25, -0.2) is 4.99 Å². The second-order valence-corrected chi connectivity index (χ2v) is 6.91. The van der Waals surface area contributed by atoms with Crippen LogP contribution in [0.3, 0.4) is 0 Å². The van der Waals surface area contributed by atoms with E-state index in [0.29, 0.717) is 12.5 Å². The minimum atomic E-state index is -0.0270. The quantitative estimate of drug-likeness (QED) is 0.323. The summed E-state index contributed by atoms with van der Waals surface area (Å²) in [5, 5.41) is 6.61. The van der Waals surface area contributed by atoms with Crippen LogP contribution in [0.1, 0.15) is 26.7 Å². The zero-order valence-corrected chi connectivity index (χ0v) is 17.4. The van der Waals surface area contributed by atoms with E-state index in [1.54, 1.807) is 7.11 Å². The highest BCUT2D eigenvalue weighted by Gasteiger charge is 2.15. The minimum absolute atomic E-state index is 0.0270. The van der Waals surface area contributed by atoms with E-state index in [4.69, 9.17) is 18.9 Å². The lowest BCUT2D eigenvalue weighted by atomic mass is 10.1. The van der Waals surface area contributed by atoms with Crippen molar-refractivity contribution < 1.29 is 18.9 Å². The van der Waals surface area contributed by atoms with Gasteiger partial charge < -0.3 is 29.6 Å². The number of aliphatic imine (C=N–C) groups is 1. The maximum absolute atomic E-state index is 5.90. The predicted octanol–water partition coefficient (Wildman–Crippen LogP) is 2.46. The molecule has 1 fully saturated rings. The molecule has 1 heterocycles. The summed E-state index contributed by atoms with van der Waals surface area (Å²) in [6.07, 6.45) is 2.03. The number of hydrogen-bond donors (Lipinski definition) is 2. The standard InChI is InChI=1S/C21H35N3O4/c1-4-22-21(23-11-5-12-26-15-18-10-13-27-16-18)24-14-17(2)28-20-8-6-19(25-3)7-9-20/h6-9,17-18H,4-5,10-16H2,1-3H3,(H2,22,23,24). The number of rotatable bonds is 12. The lowest BCUT2D eigenvalue weighted by molar-refractivity contribution is 0.0888. The summed E-state index contributed by atoms with van der Waals surface area (Å²) in [5.74, 6) is 3.00. The second kappa shape index (κ2) is 13.2. The van der Waals surface area contributed by atoms with Crippen LogP contribution >= 0.6 is 0 Å². The third-order valence-corrected chi connectivity index (χ3v) is 4.38. The van der Waals surface area contributed by atoms with E-state index in [0.717, 1.165) is 69.8 Å². The minimum Gasteiger partial charge on any atom is -0.497 e. The Balaban J connectivity index is 1.63. The molecule has 2 atom stereocenters. The van der Waals surface area contributed by atoms with Crippen molar-refractivity contribution in [2.75, 3.05) is 53.2 Å². The van der Waals surface area contributed by atoms with Gasteiger partial charge in [0.15, 0.2) is 5.96 Å². The van der Waals surface area contributed by atoms with Gasteiger partial charge in [-0.05, 0) is 51.0 Å². The van der Waals surface area contributed by atoms with Gasteiger partial charge in [0.05, 0.1) is 26.9 Å². The van der Waals surface area contributed by atoms with Gasteiger partial charge in [-0.1, -0.05) is 0 Å². The van der Waals surface area contributed by atoms with Crippen LogP contribution in [0.4, 0.5) is 0 Å². The van der Waals surface area contributed by atoms with Gasteiger partial charge in [-0.2, -0.15) is 0 Å². The molecule has 1 aliphatic rings. The first-order chi connectivity index (χ1) is 13.7. The van der Waals surface area contributed by atoms with E-state index in [1.807, 2.05) is 31.2 Å². The average molecular weight is 394 g/mol. The van der Waals surface area contributed by atoms with Gasteiger partial charge in [-0.3, -0.25) is 0 Å². The summed E-state index contributed by atoms with van der Waals surface area (Å²) >= 11 is 0. The molecule has 1 aliphatic heterocycles. The SMILES string of the molecule is CCNC(=NCC(C)Oc1ccc(OC)cc1)NCCCOCC1CCOC1. The molecule has 28 heavy (non-hydrogen) atoms. The first kappa shape index (κ1) is 22.3. The molecule has 158 valence electrons. The fraction of sp³-hybridized carbons (Fsp3) is 0.667. The molecule has 1 aromatic rings. The van der Waals surface area contributed by atoms with E-state index in [-0.39, 0.29) is 6.10 Å². The van der Waals surface area contributed by atoms with Crippen LogP contribution in [-0.2, 0) is 9.47 Å². The Hall–Kier alpha value is -1.99. The van der Waals surface area contributed by atoms with Crippen LogP contribution in [0.25, 0.3) is 0 Å². The molecule has 2 N–H and O–H groups in total. The van der Waals surface area contributed by atoms with Crippen LogP contribution in [0, 0.1) is 5.92 Å². The fourth-order valence-corrected chi connectivity index (χ4v) is 2.83. The maximum atomic E-state index is 5.90. The summed E-state index contributed by atoms with van der Waals surface area (Å²) in [6, 6.07) is 7.58. The summed E-state index contributed by atoms with van der Waals surface area (Å²) in [4.78, 5) is 4.61. The molecule has 0 aromatic heterocycles. The van der Waals surface area contributed by atoms with Crippen LogP contribution in [0.5, 0.6) is 11.5 Å². The summed E-state index contributed by atoms with van der Waals surface area (Å²) < 4.78 is 22.1. The van der Waals surface area contributed by atoms with Crippen molar-refractivity contribution in [1.82, 2.24) is 10.6 Å². The number of benzene rings is 1. The lowest BCUT2D eigenvalue weighted by Gasteiger charge is -2.15. The highest BCUT2D eigenvalue weighted by molar-refractivity contribution is 5.79. The van der Waals surface area contributed by atoms with E-state index < -0.39 is 0 Å². The molecular weight excluding hydrogens is 358 g/mol. The first-order valence-electron chi connectivity index (χ1n) is 10.2. The molecule has 2 rings (SSSR count). The normalized spacial score (nSPS) is 18.0. The van der Waals surface area contributed by atoms with Crippen LogP contribution in [0.15, 0.2) is 29.3 Å². The third-order valence-electron chi connectivity index (χ3n) is 4.38. The third kappa shape index (κ3) is 8.80. The molecule has 2 unspecified atom stereocenters. The molecule has 0 bridgehead atoms. The first-order valence-corrected chi connectivity index (χ1v) is 10.2. The Morgan fingerprint density at radius 3 is 2.71 bits per heavy atom. The van der Waals surface area contributed by atoms with E-state index >= 15 is 0 Å². The predicted molar refractivity (Wildman–Crippen MR) is 111 cm³/mol. The van der Waals surface area contributed by atoms with Crippen LogP contribution in [-0.4, -0.2) is 65.2 Å². The largest absolute Gasteiger partial charge is 0.497 e. The van der Waals surface area contributed by atoms with Gasteiger partial charge in [-0.15, -0.1) is 0 Å². The second-order valence-electron chi connectivity index (χ2n) is 6.91. The lowest BCUT2D eigenvalue weighted by Crippen LogP contribution is -2.38. The van der Waals surface area contributed by atoms with Crippen molar-refractivity contribution in [2.24, 2.45) is 10.9 Å². The van der Waals surface area contributed by atoms with Crippen molar-refractivity contribution in [3.63, 3.8) is 0 Å². The van der Waals surface area contributed by atoms with Crippen molar-refractivity contribution in [2.45, 2.75) is 32.8 Å². The smallest absolute Gasteiger partial charge is 0.191 e. The molecule has 0 amide bonds. The Bertz CT molecular complexity index is 559. The van der Waals surface area contributed by atoms with Crippen molar-refractivity contribution in [3.05, 3.63) is 24.3 Å².